The number of aromatic amines is 1. The van der Waals surface area contributed by atoms with E-state index in [0.717, 1.165) is 34.3 Å². The summed E-state index contributed by atoms with van der Waals surface area (Å²) in [6, 6.07) is 21.0. The van der Waals surface area contributed by atoms with Crippen LogP contribution in [0.1, 0.15) is 34.2 Å². The Morgan fingerprint density at radius 1 is 1.03 bits per heavy atom. The average Bonchev–Trinajstić information content (AvgIpc) is 3.45. The fourth-order valence-corrected chi connectivity index (χ4v) is 4.78. The Kier molecular flexibility index (Phi) is 6.78. The number of aromatic nitrogens is 2. The molecular weight excluding hydrogens is 510 g/mol. The third kappa shape index (κ3) is 5.31. The molecule has 0 unspecified atom stereocenters. The van der Waals surface area contributed by atoms with Crippen LogP contribution in [-0.2, 0) is 12.6 Å². The van der Waals surface area contributed by atoms with E-state index in [2.05, 4.69) is 10.3 Å². The number of hydrogen-bond acceptors (Lipinski definition) is 2. The van der Waals surface area contributed by atoms with Gasteiger partial charge in [0, 0.05) is 40.1 Å². The van der Waals surface area contributed by atoms with Crippen LogP contribution in [0.4, 0.5) is 23.2 Å². The number of anilines is 1. The van der Waals surface area contributed by atoms with Crippen molar-refractivity contribution in [1.82, 2.24) is 9.55 Å². The largest absolute Gasteiger partial charge is 0.418 e. The predicted octanol–water partition coefficient (Wildman–Crippen LogP) is 7.27. The average molecular weight is 536 g/mol. The number of H-pyrrole nitrogens is 1. The summed E-state index contributed by atoms with van der Waals surface area (Å²) < 4.78 is 56.4. The first-order valence-electron chi connectivity index (χ1n) is 12.3. The second-order valence-electron chi connectivity index (χ2n) is 9.48. The Labute approximate surface area is 221 Å². The Hall–Kier alpha value is -4.37. The van der Waals surface area contributed by atoms with E-state index in [9.17, 15) is 27.5 Å². The number of nitrogens with one attached hydrogen (secondary N) is 2. The second kappa shape index (κ2) is 10.1. The number of rotatable bonds is 6. The molecule has 39 heavy (non-hydrogen) atoms. The van der Waals surface area contributed by atoms with E-state index in [1.54, 1.807) is 12.1 Å². The minimum absolute atomic E-state index is 0.0119. The maximum Gasteiger partial charge on any atom is 0.418 e. The van der Waals surface area contributed by atoms with Crippen LogP contribution in [0.15, 0.2) is 78.9 Å². The minimum Gasteiger partial charge on any atom is -0.393 e. The van der Waals surface area contributed by atoms with Crippen LogP contribution in [0.5, 0.6) is 0 Å². The number of fused-ring (bicyclic) bond motifs is 1. The molecule has 3 N–H and O–H groups in total. The van der Waals surface area contributed by atoms with Crippen LogP contribution >= 0.6 is 0 Å². The zero-order chi connectivity index (χ0) is 27.9. The topological polar surface area (TPSA) is 70.1 Å². The molecule has 0 radical (unpaired) electrons. The van der Waals surface area contributed by atoms with E-state index in [0.29, 0.717) is 17.4 Å². The Morgan fingerprint density at radius 2 is 1.74 bits per heavy atom. The number of amides is 1. The maximum atomic E-state index is 13.8. The lowest BCUT2D eigenvalue weighted by atomic mass is 10.1. The summed E-state index contributed by atoms with van der Waals surface area (Å²) in [5, 5.41) is 13.9. The number of benzene rings is 3. The van der Waals surface area contributed by atoms with Gasteiger partial charge in [-0.25, -0.2) is 4.39 Å². The molecule has 0 aliphatic rings. The molecule has 5 nitrogen and oxygen atoms in total. The molecule has 0 aliphatic carbocycles. The van der Waals surface area contributed by atoms with Crippen LogP contribution in [0.3, 0.4) is 0 Å². The zero-order valence-electron chi connectivity index (χ0n) is 21.1. The number of nitrogens with zero attached hydrogens (tertiary/aromatic N) is 1. The van der Waals surface area contributed by atoms with E-state index in [4.69, 9.17) is 0 Å². The molecule has 0 saturated carbocycles. The smallest absolute Gasteiger partial charge is 0.393 e. The number of carbonyl (C=O) groups excluding carboxylic acids is 1. The van der Waals surface area contributed by atoms with Gasteiger partial charge in [0.05, 0.1) is 22.9 Å². The first-order valence-corrected chi connectivity index (χ1v) is 12.3. The van der Waals surface area contributed by atoms with Crippen LogP contribution in [-0.4, -0.2) is 26.7 Å². The third-order valence-electron chi connectivity index (χ3n) is 6.56. The highest BCUT2D eigenvalue weighted by Crippen LogP contribution is 2.36. The monoisotopic (exact) mass is 535 g/mol. The van der Waals surface area contributed by atoms with Gasteiger partial charge in [-0.2, -0.15) is 13.2 Å². The van der Waals surface area contributed by atoms with Crippen molar-refractivity contribution in [2.45, 2.75) is 32.5 Å². The molecule has 5 aromatic rings. The number of aliphatic hydroxyl groups is 1. The van der Waals surface area contributed by atoms with Gasteiger partial charge >= 0.3 is 6.18 Å². The first kappa shape index (κ1) is 26.2. The number of alkyl halides is 3. The summed E-state index contributed by atoms with van der Waals surface area (Å²) in [5.74, 6) is -1.55. The normalized spacial score (nSPS) is 12.6. The van der Waals surface area contributed by atoms with Crippen molar-refractivity contribution in [2.75, 3.05) is 5.32 Å². The molecule has 5 rings (SSSR count). The number of para-hydroxylation sites is 1. The van der Waals surface area contributed by atoms with Crippen molar-refractivity contribution >= 4 is 22.5 Å². The lowest BCUT2D eigenvalue weighted by Gasteiger charge is -2.18. The highest BCUT2D eigenvalue weighted by molar-refractivity contribution is 6.05. The molecule has 2 aromatic heterocycles. The van der Waals surface area contributed by atoms with Crippen molar-refractivity contribution in [2.24, 2.45) is 0 Å². The summed E-state index contributed by atoms with van der Waals surface area (Å²) in [4.78, 5) is 16.6. The van der Waals surface area contributed by atoms with Gasteiger partial charge in [0.2, 0.25) is 0 Å². The molecule has 0 aliphatic heterocycles. The number of halogens is 4. The van der Waals surface area contributed by atoms with Gasteiger partial charge < -0.3 is 20.0 Å². The summed E-state index contributed by atoms with van der Waals surface area (Å²) in [7, 11) is 0. The summed E-state index contributed by atoms with van der Waals surface area (Å²) in [6.45, 7) is 3.01. The molecule has 0 bridgehead atoms. The molecule has 1 amide bonds. The minimum atomic E-state index is -4.83. The molecule has 9 heteroatoms. The fraction of sp³-hybridized carbons (Fsp3) is 0.167. The van der Waals surface area contributed by atoms with Crippen molar-refractivity contribution in [3.8, 4) is 16.9 Å². The summed E-state index contributed by atoms with van der Waals surface area (Å²) >= 11 is 0. The third-order valence-corrected chi connectivity index (χ3v) is 6.56. The summed E-state index contributed by atoms with van der Waals surface area (Å²) in [5.41, 5.74) is 2.52. The van der Waals surface area contributed by atoms with Crippen LogP contribution in [0.2, 0.25) is 0 Å². The van der Waals surface area contributed by atoms with Gasteiger partial charge in [0.25, 0.3) is 5.91 Å². The second-order valence-corrected chi connectivity index (χ2v) is 9.48. The molecule has 3 aromatic carbocycles. The van der Waals surface area contributed by atoms with E-state index in [-0.39, 0.29) is 23.4 Å². The van der Waals surface area contributed by atoms with Crippen molar-refractivity contribution in [1.29, 1.82) is 0 Å². The number of hydrogen-bond donors (Lipinski definition) is 3. The zero-order valence-corrected chi connectivity index (χ0v) is 21.1. The summed E-state index contributed by atoms with van der Waals surface area (Å²) in [6.07, 6.45) is -5.73. The first-order chi connectivity index (χ1) is 18.5. The Balaban J connectivity index is 1.46. The molecule has 0 fully saturated rings. The van der Waals surface area contributed by atoms with Crippen LogP contribution in [0, 0.1) is 12.7 Å². The van der Waals surface area contributed by atoms with Crippen molar-refractivity contribution in [3.63, 3.8) is 0 Å². The fourth-order valence-electron chi connectivity index (χ4n) is 4.78. The number of aliphatic hydroxyl groups excluding tert-OH is 1. The van der Waals surface area contributed by atoms with E-state index in [1.807, 2.05) is 42.5 Å². The number of carbonyl (C=O) groups is 1. The van der Waals surface area contributed by atoms with Crippen LogP contribution < -0.4 is 5.32 Å². The lowest BCUT2D eigenvalue weighted by molar-refractivity contribution is -0.137. The van der Waals surface area contributed by atoms with Gasteiger partial charge in [-0.05, 0) is 67.9 Å². The Bertz CT molecular complexity index is 1630. The lowest BCUT2D eigenvalue weighted by Crippen LogP contribution is -2.16. The van der Waals surface area contributed by atoms with E-state index >= 15 is 0 Å². The van der Waals surface area contributed by atoms with E-state index < -0.39 is 29.6 Å². The molecule has 2 heterocycles. The van der Waals surface area contributed by atoms with Gasteiger partial charge in [0.15, 0.2) is 0 Å². The Morgan fingerprint density at radius 3 is 2.41 bits per heavy atom. The van der Waals surface area contributed by atoms with Gasteiger partial charge in [0.1, 0.15) is 5.82 Å². The molecule has 0 saturated heterocycles. The van der Waals surface area contributed by atoms with Gasteiger partial charge in [-0.1, -0.05) is 30.3 Å². The SMILES string of the molecule is Cc1c(C(=O)Nc2ccc(-c3cc4ccccc4[nH]3)cc2)cc(C[C@H](C)O)n1-c1ccc(F)cc1C(F)(F)F. The van der Waals surface area contributed by atoms with Gasteiger partial charge in [-0.15, -0.1) is 0 Å². The maximum absolute atomic E-state index is 13.8. The molecule has 1 atom stereocenters. The molecular formula is C30H25F4N3O2. The highest BCUT2D eigenvalue weighted by atomic mass is 19.4. The van der Waals surface area contributed by atoms with E-state index in [1.165, 1.54) is 24.5 Å². The van der Waals surface area contributed by atoms with Gasteiger partial charge in [-0.3, -0.25) is 4.79 Å². The van der Waals surface area contributed by atoms with Crippen LogP contribution in [0.25, 0.3) is 27.8 Å². The quantitative estimate of drug-likeness (QED) is 0.200. The van der Waals surface area contributed by atoms with Crippen molar-refractivity contribution in [3.05, 3.63) is 107 Å². The molecule has 200 valence electrons. The standard InChI is InChI=1S/C30H25F4N3O2/c1-17(38)13-23-16-24(18(2)37(23)28-12-9-21(31)15-25(28)30(32,33)34)29(39)35-22-10-7-19(8-11-22)27-14-20-5-3-4-6-26(20)36-27/h3-12,14-17,36,38H,13H2,1-2H3,(H,35,39)/t17-/m0/s1. The van der Waals surface area contributed by atoms with Crippen molar-refractivity contribution < 1.29 is 27.5 Å². The highest BCUT2D eigenvalue weighted by Gasteiger charge is 2.35. The molecule has 0 spiro atoms. The predicted molar refractivity (Wildman–Crippen MR) is 143 cm³/mol.